The number of carbonyl (C=O) groups is 1. The Labute approximate surface area is 236 Å². The molecule has 2 N–H and O–H groups in total. The first-order valence-corrected chi connectivity index (χ1v) is 15.4. The van der Waals surface area contributed by atoms with Crippen molar-refractivity contribution in [2.45, 2.75) is 55.2 Å². The Bertz CT molecular complexity index is 1280. The van der Waals surface area contributed by atoms with Gasteiger partial charge in [0, 0.05) is 31.5 Å². The van der Waals surface area contributed by atoms with Gasteiger partial charge >= 0.3 is 0 Å². The van der Waals surface area contributed by atoms with E-state index in [2.05, 4.69) is 5.32 Å². The molecule has 2 aromatic rings. The number of amides is 1. The molecule has 40 heavy (non-hydrogen) atoms. The van der Waals surface area contributed by atoms with Crippen molar-refractivity contribution in [3.63, 3.8) is 0 Å². The lowest BCUT2D eigenvalue weighted by molar-refractivity contribution is -0.147. The molecule has 0 saturated heterocycles. The van der Waals surface area contributed by atoms with E-state index in [1.807, 2.05) is 36.4 Å². The Balaban J connectivity index is 1.25. The zero-order chi connectivity index (χ0) is 28.1. The van der Waals surface area contributed by atoms with Crippen LogP contribution >= 0.6 is 0 Å². The number of methoxy groups -OCH3 is 1. The number of benzene rings is 2. The molecule has 2 aliphatic carbocycles. The van der Waals surface area contributed by atoms with Gasteiger partial charge in [-0.3, -0.25) is 4.79 Å². The van der Waals surface area contributed by atoms with E-state index in [9.17, 15) is 18.3 Å². The molecule has 2 saturated carbocycles. The number of aliphatic hydroxyl groups excluding tert-OH is 1. The lowest BCUT2D eigenvalue weighted by atomic mass is 9.92. The van der Waals surface area contributed by atoms with E-state index in [0.717, 1.165) is 18.4 Å². The number of nitrogens with zero attached hydrogens (tertiary/aromatic N) is 1. The highest BCUT2D eigenvalue weighted by Gasteiger charge is 2.41. The maximum atomic E-state index is 13.3. The predicted octanol–water partition coefficient (Wildman–Crippen LogP) is 3.41. The Hall–Kier alpha value is -2.92. The highest BCUT2D eigenvalue weighted by molar-refractivity contribution is 7.89. The van der Waals surface area contributed by atoms with Gasteiger partial charge in [-0.25, -0.2) is 8.42 Å². The average Bonchev–Trinajstić information content (AvgIpc) is 3.60. The molecule has 3 aliphatic rings. The third kappa shape index (κ3) is 6.52. The van der Waals surface area contributed by atoms with Gasteiger partial charge in [-0.2, -0.15) is 4.31 Å². The summed E-state index contributed by atoms with van der Waals surface area (Å²) in [4.78, 5) is 13.4. The van der Waals surface area contributed by atoms with Crippen molar-refractivity contribution in [1.29, 1.82) is 0 Å². The Morgan fingerprint density at radius 2 is 1.82 bits per heavy atom. The molecule has 10 heteroatoms. The fourth-order valence-electron chi connectivity index (χ4n) is 6.16. The average molecular weight is 571 g/mol. The number of ether oxygens (including phenoxy) is 3. The molecule has 0 spiro atoms. The third-order valence-electron chi connectivity index (χ3n) is 8.25. The van der Waals surface area contributed by atoms with E-state index in [4.69, 9.17) is 14.2 Å². The van der Waals surface area contributed by atoms with Crippen molar-refractivity contribution < 1.29 is 32.5 Å². The number of hydrogen-bond acceptors (Lipinski definition) is 7. The topological polar surface area (TPSA) is 114 Å². The summed E-state index contributed by atoms with van der Waals surface area (Å²) in [7, 11) is -2.35. The molecular formula is C30H38N2O7S. The van der Waals surface area contributed by atoms with Crippen molar-refractivity contribution in [3.05, 3.63) is 72.0 Å². The first-order chi connectivity index (χ1) is 19.4. The molecule has 216 valence electrons. The molecular weight excluding hydrogens is 532 g/mol. The summed E-state index contributed by atoms with van der Waals surface area (Å²) < 4.78 is 44.8. The molecule has 9 nitrogen and oxygen atoms in total. The van der Waals surface area contributed by atoms with Crippen LogP contribution < -0.4 is 10.1 Å². The minimum atomic E-state index is -3.87. The van der Waals surface area contributed by atoms with Crippen LogP contribution in [0.1, 0.15) is 43.6 Å². The number of sulfonamides is 1. The fraction of sp³-hybridized carbons (Fsp3) is 0.500. The summed E-state index contributed by atoms with van der Waals surface area (Å²) in [6, 6.07) is 16.2. The minimum Gasteiger partial charge on any atom is -0.497 e. The predicted molar refractivity (Wildman–Crippen MR) is 149 cm³/mol. The summed E-state index contributed by atoms with van der Waals surface area (Å²) in [5.41, 5.74) is 1.05. The molecule has 0 radical (unpaired) electrons. The van der Waals surface area contributed by atoms with Crippen LogP contribution in [-0.4, -0.2) is 69.5 Å². The Morgan fingerprint density at radius 3 is 2.48 bits per heavy atom. The number of hydrogen-bond donors (Lipinski definition) is 2. The van der Waals surface area contributed by atoms with Crippen molar-refractivity contribution in [2.75, 3.05) is 33.4 Å². The summed E-state index contributed by atoms with van der Waals surface area (Å²) in [6.07, 6.45) is 6.25. The van der Waals surface area contributed by atoms with Crippen LogP contribution in [0.2, 0.25) is 0 Å². The van der Waals surface area contributed by atoms with Crippen LogP contribution in [0, 0.1) is 11.8 Å². The van der Waals surface area contributed by atoms with Gasteiger partial charge in [-0.15, -0.1) is 0 Å². The largest absolute Gasteiger partial charge is 0.497 e. The van der Waals surface area contributed by atoms with Gasteiger partial charge in [0.05, 0.1) is 25.2 Å². The van der Waals surface area contributed by atoms with Crippen LogP contribution in [0.4, 0.5) is 0 Å². The highest BCUT2D eigenvalue weighted by Crippen LogP contribution is 2.44. The number of fused-ring (bicyclic) bond motifs is 2. The Kier molecular flexibility index (Phi) is 9.10. The van der Waals surface area contributed by atoms with E-state index < -0.39 is 16.3 Å². The minimum absolute atomic E-state index is 0.0151. The molecule has 2 fully saturated rings. The van der Waals surface area contributed by atoms with Crippen LogP contribution in [0.15, 0.2) is 71.3 Å². The van der Waals surface area contributed by atoms with Gasteiger partial charge in [0.2, 0.25) is 16.3 Å². The number of carbonyl (C=O) groups excluding carboxylic acids is 1. The standard InChI is InChI=1S/C30H38N2O7S/c1-37-25-9-11-26(12-10-25)40(35,36)32(13-15-33)14-16-38-29-20-24(22-5-3-2-4-6-22)19-28(39-29)30(34)31-27-18-21-7-8-23(27)17-21/h2-6,9-12,19,21,23-24,27,29,33H,7-8,13-18,20H2,1H3,(H,31,34)/t21?,23?,24-,27?,29+/m1/s1. The summed E-state index contributed by atoms with van der Waals surface area (Å²) >= 11 is 0. The van der Waals surface area contributed by atoms with Crippen molar-refractivity contribution in [1.82, 2.24) is 9.62 Å². The zero-order valence-electron chi connectivity index (χ0n) is 22.8. The monoisotopic (exact) mass is 570 g/mol. The van der Waals surface area contributed by atoms with Gasteiger partial charge in [-0.05, 0) is 67.0 Å². The number of nitrogens with one attached hydrogen (secondary N) is 1. The maximum absolute atomic E-state index is 13.3. The zero-order valence-corrected chi connectivity index (χ0v) is 23.6. The van der Waals surface area contributed by atoms with Crippen molar-refractivity contribution in [2.24, 2.45) is 11.8 Å². The van der Waals surface area contributed by atoms with Crippen LogP contribution in [0.25, 0.3) is 0 Å². The fourth-order valence-corrected chi connectivity index (χ4v) is 7.57. The maximum Gasteiger partial charge on any atom is 0.286 e. The number of rotatable bonds is 12. The summed E-state index contributed by atoms with van der Waals surface area (Å²) in [5.74, 6) is 1.73. The molecule has 3 unspecified atom stereocenters. The lowest BCUT2D eigenvalue weighted by Gasteiger charge is -2.31. The first-order valence-electron chi connectivity index (χ1n) is 14.0. The second-order valence-corrected chi connectivity index (χ2v) is 12.7. The van der Waals surface area contributed by atoms with Gasteiger partial charge in [0.25, 0.3) is 5.91 Å². The van der Waals surface area contributed by atoms with E-state index in [1.54, 1.807) is 12.1 Å². The second-order valence-electron chi connectivity index (χ2n) is 10.8. The molecule has 0 aromatic heterocycles. The molecule has 2 bridgehead atoms. The van der Waals surface area contributed by atoms with Gasteiger partial charge < -0.3 is 24.6 Å². The van der Waals surface area contributed by atoms with E-state index in [1.165, 1.54) is 36.4 Å². The lowest BCUT2D eigenvalue weighted by Crippen LogP contribution is -2.41. The van der Waals surface area contributed by atoms with Crippen molar-refractivity contribution >= 4 is 15.9 Å². The van der Waals surface area contributed by atoms with Crippen LogP contribution in [0.3, 0.4) is 0 Å². The van der Waals surface area contributed by atoms with Gasteiger partial charge in [0.1, 0.15) is 5.75 Å². The summed E-state index contributed by atoms with van der Waals surface area (Å²) in [5, 5.41) is 12.7. The first kappa shape index (κ1) is 28.6. The molecule has 1 heterocycles. The molecule has 1 amide bonds. The number of allylic oxidation sites excluding steroid dienone is 1. The molecule has 1 aliphatic heterocycles. The smallest absolute Gasteiger partial charge is 0.286 e. The molecule has 2 aromatic carbocycles. The normalized spacial score (nSPS) is 25.9. The quantitative estimate of drug-likeness (QED) is 0.402. The van der Waals surface area contributed by atoms with Gasteiger partial charge in [0.15, 0.2) is 5.76 Å². The summed E-state index contributed by atoms with van der Waals surface area (Å²) in [6.45, 7) is -0.363. The molecule has 5 rings (SSSR count). The SMILES string of the molecule is COc1ccc(S(=O)(=O)N(CCO)CCO[C@@H]2C[C@H](c3ccccc3)C=C(C(=O)NC3CC4CCC3C4)O2)cc1. The van der Waals surface area contributed by atoms with E-state index in [0.29, 0.717) is 24.0 Å². The number of aliphatic hydroxyl groups is 1. The highest BCUT2D eigenvalue weighted by atomic mass is 32.2. The third-order valence-corrected chi connectivity index (χ3v) is 10.2. The van der Waals surface area contributed by atoms with Crippen LogP contribution in [-0.2, 0) is 24.3 Å². The van der Waals surface area contributed by atoms with Crippen LogP contribution in [0.5, 0.6) is 5.75 Å². The van der Waals surface area contributed by atoms with E-state index in [-0.39, 0.29) is 54.8 Å². The molecule has 5 atom stereocenters. The Morgan fingerprint density at radius 1 is 1.05 bits per heavy atom. The van der Waals surface area contributed by atoms with E-state index >= 15 is 0 Å². The second kappa shape index (κ2) is 12.7. The van der Waals surface area contributed by atoms with Gasteiger partial charge in [-0.1, -0.05) is 36.8 Å². The van der Waals surface area contributed by atoms with Crippen molar-refractivity contribution in [3.8, 4) is 5.75 Å².